The Morgan fingerprint density at radius 3 is 2.74 bits per heavy atom. The molecule has 0 unspecified atom stereocenters. The lowest BCUT2D eigenvalue weighted by atomic mass is 10.1. The highest BCUT2D eigenvalue weighted by atomic mass is 16.4. The number of hydrogen-bond acceptors (Lipinski definition) is 3. The van der Waals surface area contributed by atoms with Gasteiger partial charge in [0.05, 0.1) is 0 Å². The molecule has 0 aliphatic heterocycles. The molecule has 1 aromatic heterocycles. The summed E-state index contributed by atoms with van der Waals surface area (Å²) >= 11 is 0. The highest BCUT2D eigenvalue weighted by Crippen LogP contribution is 2.19. The number of para-hydroxylation sites is 1. The van der Waals surface area contributed by atoms with Crippen molar-refractivity contribution in [3.05, 3.63) is 59.4 Å². The average Bonchev–Trinajstić information content (AvgIpc) is 2.39. The predicted octanol–water partition coefficient (Wildman–Crippen LogP) is 2.72. The summed E-state index contributed by atoms with van der Waals surface area (Å²) in [5.74, 6) is -1.000. The number of hydrogen-bond donors (Lipinski definition) is 1. The first kappa shape index (κ1) is 13.1. The van der Waals surface area contributed by atoms with Crippen LogP contribution in [0.1, 0.15) is 21.6 Å². The van der Waals surface area contributed by atoms with E-state index in [2.05, 4.69) is 28.9 Å². The number of nitrogens with zero attached hydrogens (tertiary/aromatic N) is 2. The molecule has 0 amide bonds. The zero-order chi connectivity index (χ0) is 13.8. The third kappa shape index (κ3) is 3.10. The van der Waals surface area contributed by atoms with E-state index in [9.17, 15) is 4.79 Å². The molecular weight excluding hydrogens is 240 g/mol. The van der Waals surface area contributed by atoms with Crippen LogP contribution in [0.2, 0.25) is 0 Å². The summed E-state index contributed by atoms with van der Waals surface area (Å²) in [5.41, 5.74) is 3.34. The Morgan fingerprint density at radius 2 is 2.05 bits per heavy atom. The molecule has 0 aliphatic rings. The molecule has 19 heavy (non-hydrogen) atoms. The summed E-state index contributed by atoms with van der Waals surface area (Å²) < 4.78 is 0. The molecular formula is C15H16N2O2. The van der Waals surface area contributed by atoms with Crippen molar-refractivity contribution in [2.24, 2.45) is 0 Å². The second-order valence-electron chi connectivity index (χ2n) is 4.50. The van der Waals surface area contributed by atoms with Gasteiger partial charge in [0.25, 0.3) is 0 Å². The molecule has 1 N–H and O–H groups in total. The number of carbonyl (C=O) groups is 1. The smallest absolute Gasteiger partial charge is 0.354 e. The fraction of sp³-hybridized carbons (Fsp3) is 0.200. The number of carboxylic acids is 1. The first-order valence-electron chi connectivity index (χ1n) is 6.03. The van der Waals surface area contributed by atoms with E-state index in [0.717, 1.165) is 11.3 Å². The van der Waals surface area contributed by atoms with Gasteiger partial charge in [-0.15, -0.1) is 0 Å². The molecule has 1 aromatic carbocycles. The molecule has 4 nitrogen and oxygen atoms in total. The normalized spacial score (nSPS) is 10.2. The molecule has 0 saturated carbocycles. The minimum atomic E-state index is -1.000. The quantitative estimate of drug-likeness (QED) is 0.913. The minimum Gasteiger partial charge on any atom is -0.477 e. The van der Waals surface area contributed by atoms with Crippen LogP contribution < -0.4 is 4.90 Å². The Balaban J connectivity index is 2.19. The van der Waals surface area contributed by atoms with Crippen LogP contribution in [-0.4, -0.2) is 23.1 Å². The number of pyridine rings is 1. The van der Waals surface area contributed by atoms with E-state index in [-0.39, 0.29) is 5.69 Å². The SMILES string of the molecule is Cc1ccccc1N(C)Cc1ccnc(C(=O)O)c1. The van der Waals surface area contributed by atoms with Crippen LogP contribution in [0.3, 0.4) is 0 Å². The number of anilines is 1. The van der Waals surface area contributed by atoms with Crippen LogP contribution in [0.25, 0.3) is 0 Å². The molecule has 0 spiro atoms. The van der Waals surface area contributed by atoms with E-state index in [1.54, 1.807) is 6.07 Å². The molecule has 2 aromatic rings. The van der Waals surface area contributed by atoms with Crippen molar-refractivity contribution < 1.29 is 9.90 Å². The fourth-order valence-electron chi connectivity index (χ4n) is 2.04. The van der Waals surface area contributed by atoms with Crippen LogP contribution in [0, 0.1) is 6.92 Å². The van der Waals surface area contributed by atoms with Crippen LogP contribution in [0.15, 0.2) is 42.6 Å². The van der Waals surface area contributed by atoms with E-state index < -0.39 is 5.97 Å². The first-order chi connectivity index (χ1) is 9.08. The highest BCUT2D eigenvalue weighted by Gasteiger charge is 2.08. The van der Waals surface area contributed by atoms with Gasteiger partial charge >= 0.3 is 5.97 Å². The lowest BCUT2D eigenvalue weighted by Crippen LogP contribution is -2.17. The Labute approximate surface area is 112 Å². The fourth-order valence-corrected chi connectivity index (χ4v) is 2.04. The molecule has 98 valence electrons. The summed E-state index contributed by atoms with van der Waals surface area (Å²) in [6.45, 7) is 2.70. The summed E-state index contributed by atoms with van der Waals surface area (Å²) in [7, 11) is 1.99. The van der Waals surface area contributed by atoms with Crippen LogP contribution in [0.4, 0.5) is 5.69 Å². The topological polar surface area (TPSA) is 53.4 Å². The van der Waals surface area contributed by atoms with Crippen molar-refractivity contribution in [1.29, 1.82) is 0 Å². The van der Waals surface area contributed by atoms with Crippen molar-refractivity contribution in [1.82, 2.24) is 4.98 Å². The predicted molar refractivity (Wildman–Crippen MR) is 74.5 cm³/mol. The minimum absolute atomic E-state index is 0.0793. The molecule has 0 atom stereocenters. The van der Waals surface area contributed by atoms with Crippen molar-refractivity contribution in [3.8, 4) is 0 Å². The van der Waals surface area contributed by atoms with Gasteiger partial charge in [0.15, 0.2) is 0 Å². The number of benzene rings is 1. The molecule has 0 radical (unpaired) electrons. The lowest BCUT2D eigenvalue weighted by molar-refractivity contribution is 0.0690. The van der Waals surface area contributed by atoms with Gasteiger partial charge in [0, 0.05) is 25.5 Å². The van der Waals surface area contributed by atoms with E-state index in [1.165, 1.54) is 11.8 Å². The number of carboxylic acid groups (broad SMARTS) is 1. The second kappa shape index (κ2) is 5.52. The molecule has 0 saturated heterocycles. The van der Waals surface area contributed by atoms with Crippen LogP contribution in [-0.2, 0) is 6.54 Å². The van der Waals surface area contributed by atoms with E-state index in [0.29, 0.717) is 6.54 Å². The lowest BCUT2D eigenvalue weighted by Gasteiger charge is -2.21. The second-order valence-corrected chi connectivity index (χ2v) is 4.50. The Kier molecular flexibility index (Phi) is 3.80. The van der Waals surface area contributed by atoms with Gasteiger partial charge in [0.2, 0.25) is 0 Å². The van der Waals surface area contributed by atoms with Gasteiger partial charge in [-0.1, -0.05) is 18.2 Å². The zero-order valence-corrected chi connectivity index (χ0v) is 11.0. The Bertz CT molecular complexity index is 596. The standard InChI is InChI=1S/C15H16N2O2/c1-11-5-3-4-6-14(11)17(2)10-12-7-8-16-13(9-12)15(18)19/h3-9H,10H2,1-2H3,(H,18,19). The summed E-state index contributed by atoms with van der Waals surface area (Å²) in [4.78, 5) is 16.8. The van der Waals surface area contributed by atoms with Crippen LogP contribution in [0.5, 0.6) is 0 Å². The van der Waals surface area contributed by atoms with E-state index in [4.69, 9.17) is 5.11 Å². The maximum absolute atomic E-state index is 10.9. The van der Waals surface area contributed by atoms with Gasteiger partial charge in [-0.05, 0) is 36.2 Å². The number of aromatic carboxylic acids is 1. The van der Waals surface area contributed by atoms with Crippen molar-refractivity contribution in [2.75, 3.05) is 11.9 Å². The molecule has 0 aliphatic carbocycles. The van der Waals surface area contributed by atoms with E-state index >= 15 is 0 Å². The zero-order valence-electron chi connectivity index (χ0n) is 11.0. The molecule has 0 fully saturated rings. The summed E-state index contributed by atoms with van der Waals surface area (Å²) in [5, 5.41) is 8.93. The number of aryl methyl sites for hydroxylation is 1. The number of aromatic nitrogens is 1. The van der Waals surface area contributed by atoms with Gasteiger partial charge in [-0.25, -0.2) is 9.78 Å². The number of rotatable bonds is 4. The third-order valence-corrected chi connectivity index (χ3v) is 2.99. The average molecular weight is 256 g/mol. The Morgan fingerprint density at radius 1 is 1.32 bits per heavy atom. The van der Waals surface area contributed by atoms with Gasteiger partial charge in [-0.2, -0.15) is 0 Å². The van der Waals surface area contributed by atoms with Crippen molar-refractivity contribution >= 4 is 11.7 Å². The first-order valence-corrected chi connectivity index (χ1v) is 6.03. The van der Waals surface area contributed by atoms with Crippen molar-refractivity contribution in [3.63, 3.8) is 0 Å². The van der Waals surface area contributed by atoms with Gasteiger partial charge < -0.3 is 10.0 Å². The monoisotopic (exact) mass is 256 g/mol. The summed E-state index contributed by atoms with van der Waals surface area (Å²) in [6, 6.07) is 11.5. The Hall–Kier alpha value is -2.36. The largest absolute Gasteiger partial charge is 0.477 e. The van der Waals surface area contributed by atoms with E-state index in [1.807, 2.05) is 25.2 Å². The molecule has 1 heterocycles. The maximum atomic E-state index is 10.9. The van der Waals surface area contributed by atoms with Gasteiger partial charge in [0.1, 0.15) is 5.69 Å². The highest BCUT2D eigenvalue weighted by molar-refractivity contribution is 5.85. The van der Waals surface area contributed by atoms with Crippen molar-refractivity contribution in [2.45, 2.75) is 13.5 Å². The molecule has 0 bridgehead atoms. The van der Waals surface area contributed by atoms with Gasteiger partial charge in [-0.3, -0.25) is 0 Å². The molecule has 2 rings (SSSR count). The molecule has 4 heteroatoms. The third-order valence-electron chi connectivity index (χ3n) is 2.99. The summed E-state index contributed by atoms with van der Waals surface area (Å²) in [6.07, 6.45) is 1.53. The maximum Gasteiger partial charge on any atom is 0.354 e. The van der Waals surface area contributed by atoms with Crippen LogP contribution >= 0.6 is 0 Å².